The number of aryl methyl sites for hydroxylation is 1. The van der Waals surface area contributed by atoms with E-state index in [1.165, 1.54) is 0 Å². The second-order valence-corrected chi connectivity index (χ2v) is 8.90. The summed E-state index contributed by atoms with van der Waals surface area (Å²) in [5.41, 5.74) is 3.30. The molecule has 138 valence electrons. The Kier molecular flexibility index (Phi) is 5.27. The third-order valence-electron chi connectivity index (χ3n) is 4.84. The molecule has 0 radical (unpaired) electrons. The van der Waals surface area contributed by atoms with Gasteiger partial charge in [-0.15, -0.1) is 0 Å². The summed E-state index contributed by atoms with van der Waals surface area (Å²) in [5, 5.41) is 2.89. The van der Waals surface area contributed by atoms with Crippen LogP contribution in [0.1, 0.15) is 28.0 Å². The SMILES string of the molecule is Cc1ccccc1CNC(=O)c1cc(N(C)C2CCS(=O)(=O)C2)ccn1. The number of pyridine rings is 1. The fraction of sp³-hybridized carbons (Fsp3) is 0.368. The van der Waals surface area contributed by atoms with E-state index in [9.17, 15) is 13.2 Å². The van der Waals surface area contributed by atoms with Crippen LogP contribution < -0.4 is 10.2 Å². The number of aromatic nitrogens is 1. The second kappa shape index (κ2) is 7.45. The summed E-state index contributed by atoms with van der Waals surface area (Å²) in [5.74, 6) is 0.125. The molecule has 26 heavy (non-hydrogen) atoms. The van der Waals surface area contributed by atoms with Gasteiger partial charge in [0.2, 0.25) is 0 Å². The lowest BCUT2D eigenvalue weighted by atomic mass is 10.1. The molecule has 0 aliphatic carbocycles. The van der Waals surface area contributed by atoms with Gasteiger partial charge in [0.05, 0.1) is 11.5 Å². The molecule has 1 aromatic carbocycles. The molecule has 6 nitrogen and oxygen atoms in total. The highest BCUT2D eigenvalue weighted by atomic mass is 32.2. The quantitative estimate of drug-likeness (QED) is 0.866. The minimum atomic E-state index is -2.95. The van der Waals surface area contributed by atoms with Gasteiger partial charge in [0.15, 0.2) is 9.84 Å². The van der Waals surface area contributed by atoms with Crippen molar-refractivity contribution < 1.29 is 13.2 Å². The van der Waals surface area contributed by atoms with Crippen LogP contribution in [0.15, 0.2) is 42.6 Å². The fourth-order valence-corrected chi connectivity index (χ4v) is 4.90. The lowest BCUT2D eigenvalue weighted by Gasteiger charge is -2.25. The molecule has 1 aliphatic rings. The van der Waals surface area contributed by atoms with E-state index in [0.29, 0.717) is 18.7 Å². The Morgan fingerprint density at radius 1 is 1.31 bits per heavy atom. The first-order valence-electron chi connectivity index (χ1n) is 8.58. The van der Waals surface area contributed by atoms with E-state index in [1.807, 2.05) is 43.1 Å². The van der Waals surface area contributed by atoms with Crippen LogP contribution in [0.4, 0.5) is 5.69 Å². The van der Waals surface area contributed by atoms with E-state index in [0.717, 1.165) is 16.8 Å². The van der Waals surface area contributed by atoms with Gasteiger partial charge in [-0.25, -0.2) is 8.42 Å². The maximum atomic E-state index is 12.4. The van der Waals surface area contributed by atoms with Gasteiger partial charge < -0.3 is 10.2 Å². The molecule has 1 fully saturated rings. The minimum Gasteiger partial charge on any atom is -0.370 e. The van der Waals surface area contributed by atoms with Gasteiger partial charge in [-0.3, -0.25) is 9.78 Å². The highest BCUT2D eigenvalue weighted by Gasteiger charge is 2.31. The van der Waals surface area contributed by atoms with Crippen molar-refractivity contribution in [2.45, 2.75) is 25.9 Å². The zero-order chi connectivity index (χ0) is 18.7. The normalized spacial score (nSPS) is 18.5. The van der Waals surface area contributed by atoms with Gasteiger partial charge in [-0.1, -0.05) is 24.3 Å². The van der Waals surface area contributed by atoms with E-state index < -0.39 is 9.84 Å². The molecular formula is C19H23N3O3S. The van der Waals surface area contributed by atoms with Crippen LogP contribution in [0.2, 0.25) is 0 Å². The van der Waals surface area contributed by atoms with E-state index in [1.54, 1.807) is 18.3 Å². The van der Waals surface area contributed by atoms with Crippen LogP contribution in [-0.4, -0.2) is 43.9 Å². The number of carbonyl (C=O) groups excluding carboxylic acids is 1. The zero-order valence-corrected chi connectivity index (χ0v) is 15.8. The van der Waals surface area contributed by atoms with Crippen molar-refractivity contribution in [3.05, 3.63) is 59.4 Å². The Bertz CT molecular complexity index is 912. The molecule has 1 amide bonds. The van der Waals surface area contributed by atoms with E-state index in [2.05, 4.69) is 10.3 Å². The van der Waals surface area contributed by atoms with Gasteiger partial charge in [0.25, 0.3) is 5.91 Å². The molecular weight excluding hydrogens is 350 g/mol. The lowest BCUT2D eigenvalue weighted by Crippen LogP contribution is -2.33. The standard InChI is InChI=1S/C19H23N3O3S/c1-14-5-3-4-6-15(14)12-21-19(23)18-11-16(7-9-20-18)22(2)17-8-10-26(24,25)13-17/h3-7,9,11,17H,8,10,12-13H2,1-2H3,(H,21,23). The van der Waals surface area contributed by atoms with Crippen molar-refractivity contribution >= 4 is 21.4 Å². The molecule has 1 N–H and O–H groups in total. The van der Waals surface area contributed by atoms with Gasteiger partial charge >= 0.3 is 0 Å². The Morgan fingerprint density at radius 3 is 2.77 bits per heavy atom. The number of hydrogen-bond donors (Lipinski definition) is 1. The van der Waals surface area contributed by atoms with E-state index in [4.69, 9.17) is 0 Å². The van der Waals surface area contributed by atoms with Crippen molar-refractivity contribution in [3.63, 3.8) is 0 Å². The smallest absolute Gasteiger partial charge is 0.270 e. The van der Waals surface area contributed by atoms with Crippen molar-refractivity contribution in [1.82, 2.24) is 10.3 Å². The van der Waals surface area contributed by atoms with E-state index in [-0.39, 0.29) is 23.5 Å². The molecule has 2 aromatic rings. The predicted molar refractivity (Wildman–Crippen MR) is 102 cm³/mol. The summed E-state index contributed by atoms with van der Waals surface area (Å²) in [4.78, 5) is 18.5. The number of amides is 1. The largest absolute Gasteiger partial charge is 0.370 e. The highest BCUT2D eigenvalue weighted by Crippen LogP contribution is 2.23. The second-order valence-electron chi connectivity index (χ2n) is 6.68. The molecule has 0 saturated carbocycles. The van der Waals surface area contributed by atoms with Crippen LogP contribution in [0.3, 0.4) is 0 Å². The van der Waals surface area contributed by atoms with Crippen molar-refractivity contribution in [2.24, 2.45) is 0 Å². The van der Waals surface area contributed by atoms with Crippen LogP contribution in [0.25, 0.3) is 0 Å². The van der Waals surface area contributed by atoms with Gasteiger partial charge in [0, 0.05) is 31.5 Å². The third-order valence-corrected chi connectivity index (χ3v) is 6.59. The first kappa shape index (κ1) is 18.4. The Labute approximate surface area is 154 Å². The maximum absolute atomic E-state index is 12.4. The molecule has 1 unspecified atom stereocenters. The molecule has 7 heteroatoms. The Balaban J connectivity index is 1.68. The molecule has 0 spiro atoms. The van der Waals surface area contributed by atoms with Crippen molar-refractivity contribution in [3.8, 4) is 0 Å². The minimum absolute atomic E-state index is 0.0646. The number of rotatable bonds is 5. The zero-order valence-electron chi connectivity index (χ0n) is 15.0. The lowest BCUT2D eigenvalue weighted by molar-refractivity contribution is 0.0946. The van der Waals surface area contributed by atoms with Crippen LogP contribution in [-0.2, 0) is 16.4 Å². The van der Waals surface area contributed by atoms with E-state index >= 15 is 0 Å². The number of nitrogens with zero attached hydrogens (tertiary/aromatic N) is 2. The molecule has 0 bridgehead atoms. The van der Waals surface area contributed by atoms with Crippen LogP contribution in [0, 0.1) is 6.92 Å². The summed E-state index contributed by atoms with van der Waals surface area (Å²) >= 11 is 0. The number of hydrogen-bond acceptors (Lipinski definition) is 5. The average molecular weight is 373 g/mol. The molecule has 1 atom stereocenters. The van der Waals surface area contributed by atoms with Gasteiger partial charge in [-0.05, 0) is 36.6 Å². The van der Waals surface area contributed by atoms with Crippen LogP contribution >= 0.6 is 0 Å². The first-order chi connectivity index (χ1) is 12.4. The molecule has 3 rings (SSSR count). The average Bonchev–Trinajstić information content (AvgIpc) is 3.00. The predicted octanol–water partition coefficient (Wildman–Crippen LogP) is 1.94. The Hall–Kier alpha value is -2.41. The molecule has 2 heterocycles. The maximum Gasteiger partial charge on any atom is 0.270 e. The highest BCUT2D eigenvalue weighted by molar-refractivity contribution is 7.91. The Morgan fingerprint density at radius 2 is 2.08 bits per heavy atom. The molecule has 1 aliphatic heterocycles. The number of carbonyl (C=O) groups is 1. The number of anilines is 1. The van der Waals surface area contributed by atoms with Gasteiger partial charge in [0.1, 0.15) is 5.69 Å². The molecule has 1 saturated heterocycles. The number of sulfone groups is 1. The third kappa shape index (κ3) is 4.22. The molecule has 1 aromatic heterocycles. The summed E-state index contributed by atoms with van der Waals surface area (Å²) in [6.45, 7) is 2.44. The summed E-state index contributed by atoms with van der Waals surface area (Å²) in [6, 6.07) is 11.3. The van der Waals surface area contributed by atoms with Crippen LogP contribution in [0.5, 0.6) is 0 Å². The fourth-order valence-electron chi connectivity index (χ4n) is 3.13. The van der Waals surface area contributed by atoms with Crippen molar-refractivity contribution in [1.29, 1.82) is 0 Å². The summed E-state index contributed by atoms with van der Waals surface area (Å²) in [6.07, 6.45) is 2.19. The number of nitrogens with one attached hydrogen (secondary N) is 1. The number of benzene rings is 1. The monoisotopic (exact) mass is 373 g/mol. The van der Waals surface area contributed by atoms with Crippen molar-refractivity contribution in [2.75, 3.05) is 23.5 Å². The summed E-state index contributed by atoms with van der Waals surface area (Å²) in [7, 11) is -1.10. The summed E-state index contributed by atoms with van der Waals surface area (Å²) < 4.78 is 23.4. The first-order valence-corrected chi connectivity index (χ1v) is 10.4. The topological polar surface area (TPSA) is 79.4 Å². The van der Waals surface area contributed by atoms with Gasteiger partial charge in [-0.2, -0.15) is 0 Å².